The van der Waals surface area contributed by atoms with Crippen LogP contribution < -0.4 is 0 Å². The predicted molar refractivity (Wildman–Crippen MR) is 256 cm³/mol. The van der Waals surface area contributed by atoms with Crippen LogP contribution in [0.3, 0.4) is 0 Å². The van der Waals surface area contributed by atoms with Gasteiger partial charge in [0.25, 0.3) is 0 Å². The molecule has 62 heavy (non-hydrogen) atoms. The van der Waals surface area contributed by atoms with E-state index in [1.165, 1.54) is 60.0 Å². The minimum Gasteiger partial charge on any atom is -0.456 e. The summed E-state index contributed by atoms with van der Waals surface area (Å²) in [5.74, 6) is 1.82. The van der Waals surface area contributed by atoms with E-state index in [9.17, 15) is 0 Å². The summed E-state index contributed by atoms with van der Waals surface area (Å²) in [6.07, 6.45) is 0. The topological polar surface area (TPSA) is 51.8 Å². The molecule has 0 saturated carbocycles. The Morgan fingerprint density at radius 2 is 0.984 bits per heavy atom. The van der Waals surface area contributed by atoms with Gasteiger partial charge in [-0.1, -0.05) is 172 Å². The van der Waals surface area contributed by atoms with Gasteiger partial charge in [-0.25, -0.2) is 15.0 Å². The monoisotopic (exact) mass is 791 g/mol. The smallest absolute Gasteiger partial charge is 0.164 e. The predicted octanol–water partition coefficient (Wildman–Crippen LogP) is 15.4. The van der Waals surface area contributed by atoms with Crippen molar-refractivity contribution in [3.8, 4) is 56.4 Å². The van der Waals surface area contributed by atoms with Crippen molar-refractivity contribution >= 4 is 65.0 Å². The normalized spacial score (nSPS) is 13.1. The minimum absolute atomic E-state index is 0.139. The molecule has 0 saturated heterocycles. The Morgan fingerprint density at radius 1 is 0.339 bits per heavy atom. The fraction of sp³-hybridized carbons (Fsp3) is 0.0517. The van der Waals surface area contributed by atoms with Crippen molar-refractivity contribution in [2.24, 2.45) is 0 Å². The fourth-order valence-corrected chi connectivity index (χ4v) is 10.2. The Bertz CT molecular complexity index is 3840. The zero-order chi connectivity index (χ0) is 41.1. The number of nitrogens with zero attached hydrogens (tertiary/aromatic N) is 3. The summed E-state index contributed by atoms with van der Waals surface area (Å²) in [5, 5.41) is 11.8. The third-order valence-electron chi connectivity index (χ3n) is 13.3. The molecule has 0 unspecified atom stereocenters. The van der Waals surface area contributed by atoms with Gasteiger partial charge < -0.3 is 4.42 Å². The second-order valence-corrected chi connectivity index (χ2v) is 17.1. The maximum absolute atomic E-state index is 6.71. The molecular formula is C58H37N3O. The Labute approximate surface area is 357 Å². The average Bonchev–Trinajstić information content (AvgIpc) is 3.81. The molecule has 290 valence electrons. The van der Waals surface area contributed by atoms with Gasteiger partial charge in [0.2, 0.25) is 0 Å². The van der Waals surface area contributed by atoms with Crippen molar-refractivity contribution in [1.82, 2.24) is 15.0 Å². The van der Waals surface area contributed by atoms with Crippen LogP contribution >= 0.6 is 0 Å². The van der Waals surface area contributed by atoms with Gasteiger partial charge in [-0.15, -0.1) is 0 Å². The zero-order valence-electron chi connectivity index (χ0n) is 34.1. The fourth-order valence-electron chi connectivity index (χ4n) is 10.2. The molecule has 0 bridgehead atoms. The highest BCUT2D eigenvalue weighted by Crippen LogP contribution is 2.51. The van der Waals surface area contributed by atoms with Crippen LogP contribution in [-0.2, 0) is 5.41 Å². The number of hydrogen-bond acceptors (Lipinski definition) is 4. The van der Waals surface area contributed by atoms with E-state index in [4.69, 9.17) is 19.4 Å². The Hall–Kier alpha value is -7.95. The van der Waals surface area contributed by atoms with E-state index in [2.05, 4.69) is 190 Å². The van der Waals surface area contributed by atoms with Gasteiger partial charge in [-0.05, 0) is 107 Å². The second kappa shape index (κ2) is 13.0. The maximum atomic E-state index is 6.71. The number of aromatic nitrogens is 3. The summed E-state index contributed by atoms with van der Waals surface area (Å²) >= 11 is 0. The SMILES string of the molecule is CC1(C)c2ccccc2-c2cc3c(cc21)oc1cccc(-c2nc(-c4cccc(-c5ccccc5)c4)nc(-c4ccc5ccc6ccc7c8ccccc8ccc7c6c5c4)n2)c13. The molecule has 0 atom stereocenters. The highest BCUT2D eigenvalue weighted by atomic mass is 16.3. The molecule has 0 radical (unpaired) electrons. The Kier molecular flexibility index (Phi) is 7.32. The molecule has 2 aromatic heterocycles. The molecule has 12 aromatic rings. The van der Waals surface area contributed by atoms with Crippen LogP contribution in [0.15, 0.2) is 192 Å². The highest BCUT2D eigenvalue weighted by molar-refractivity contribution is 6.25. The molecule has 4 nitrogen and oxygen atoms in total. The van der Waals surface area contributed by atoms with E-state index in [1.807, 2.05) is 12.1 Å². The highest BCUT2D eigenvalue weighted by Gasteiger charge is 2.36. The lowest BCUT2D eigenvalue weighted by atomic mass is 9.82. The third kappa shape index (κ3) is 5.17. The third-order valence-corrected chi connectivity index (χ3v) is 13.3. The van der Waals surface area contributed by atoms with Crippen LogP contribution in [0.5, 0.6) is 0 Å². The molecule has 2 heterocycles. The molecule has 0 amide bonds. The number of fused-ring (bicyclic) bond motifs is 13. The van der Waals surface area contributed by atoms with E-state index >= 15 is 0 Å². The van der Waals surface area contributed by atoms with Crippen molar-refractivity contribution in [3.63, 3.8) is 0 Å². The first-order valence-corrected chi connectivity index (χ1v) is 21.3. The molecule has 0 aliphatic heterocycles. The summed E-state index contributed by atoms with van der Waals surface area (Å²) in [5.41, 5.74) is 11.6. The molecule has 1 aliphatic rings. The first kappa shape index (κ1) is 34.9. The molecule has 4 heteroatoms. The minimum atomic E-state index is -0.139. The van der Waals surface area contributed by atoms with Crippen LogP contribution in [0, 0.1) is 0 Å². The van der Waals surface area contributed by atoms with Crippen LogP contribution in [0.1, 0.15) is 25.0 Å². The van der Waals surface area contributed by atoms with E-state index < -0.39 is 0 Å². The van der Waals surface area contributed by atoms with Gasteiger partial charge in [0.1, 0.15) is 11.2 Å². The second-order valence-electron chi connectivity index (χ2n) is 17.1. The van der Waals surface area contributed by atoms with Gasteiger partial charge in [0.15, 0.2) is 17.5 Å². The number of benzene rings is 10. The maximum Gasteiger partial charge on any atom is 0.164 e. The van der Waals surface area contributed by atoms with Crippen molar-refractivity contribution in [1.29, 1.82) is 0 Å². The molecular weight excluding hydrogens is 755 g/mol. The van der Waals surface area contributed by atoms with Gasteiger partial charge in [0, 0.05) is 32.9 Å². The molecule has 0 fully saturated rings. The van der Waals surface area contributed by atoms with Crippen molar-refractivity contribution in [2.75, 3.05) is 0 Å². The average molecular weight is 792 g/mol. The number of hydrogen-bond donors (Lipinski definition) is 0. The van der Waals surface area contributed by atoms with Gasteiger partial charge in [-0.2, -0.15) is 0 Å². The van der Waals surface area contributed by atoms with Gasteiger partial charge >= 0.3 is 0 Å². The van der Waals surface area contributed by atoms with E-state index in [0.717, 1.165) is 55.1 Å². The first-order valence-electron chi connectivity index (χ1n) is 21.3. The van der Waals surface area contributed by atoms with Gasteiger partial charge in [-0.3, -0.25) is 0 Å². The number of rotatable bonds is 4. The summed E-state index contributed by atoms with van der Waals surface area (Å²) in [6, 6.07) is 67.2. The molecule has 0 N–H and O–H groups in total. The molecule has 10 aromatic carbocycles. The van der Waals surface area contributed by atoms with Gasteiger partial charge in [0.05, 0.1) is 0 Å². The standard InChI is InChI=1S/C58H37N3O/c1-58(2)49-20-9-8-18-43(49)47-32-48-52(33-50(47)58)62-51-21-11-19-45(54(48)51)57-60-55(39-16-10-15-38(30-39)34-12-4-3-5-13-34)59-56(61-57)40-25-23-36-22-24-37-27-28-42-41-17-7-6-14-35(41)26-29-44(42)53(37)46(36)31-40/h3-33H,1-2H3. The van der Waals surface area contributed by atoms with Crippen molar-refractivity contribution in [2.45, 2.75) is 19.3 Å². The molecule has 0 spiro atoms. The summed E-state index contributed by atoms with van der Waals surface area (Å²) in [7, 11) is 0. The van der Waals surface area contributed by atoms with Crippen molar-refractivity contribution < 1.29 is 4.42 Å². The lowest BCUT2D eigenvalue weighted by molar-refractivity contribution is 0.647. The quantitative estimate of drug-likeness (QED) is 0.167. The Balaban J connectivity index is 1.06. The summed E-state index contributed by atoms with van der Waals surface area (Å²) in [4.78, 5) is 16.0. The van der Waals surface area contributed by atoms with Crippen LogP contribution in [0.2, 0.25) is 0 Å². The van der Waals surface area contributed by atoms with E-state index in [1.54, 1.807) is 0 Å². The van der Waals surface area contributed by atoms with E-state index in [-0.39, 0.29) is 5.41 Å². The van der Waals surface area contributed by atoms with Crippen LogP contribution in [0.25, 0.3) is 121 Å². The first-order chi connectivity index (χ1) is 30.5. The lowest BCUT2D eigenvalue weighted by Crippen LogP contribution is -2.14. The lowest BCUT2D eigenvalue weighted by Gasteiger charge is -2.21. The van der Waals surface area contributed by atoms with E-state index in [0.29, 0.717) is 17.5 Å². The largest absolute Gasteiger partial charge is 0.456 e. The van der Waals surface area contributed by atoms with Crippen molar-refractivity contribution in [3.05, 3.63) is 199 Å². The van der Waals surface area contributed by atoms with Crippen LogP contribution in [0.4, 0.5) is 0 Å². The summed E-state index contributed by atoms with van der Waals surface area (Å²) in [6.45, 7) is 4.61. The van der Waals surface area contributed by atoms with Crippen LogP contribution in [-0.4, -0.2) is 15.0 Å². The number of furan rings is 1. The Morgan fingerprint density at radius 3 is 1.89 bits per heavy atom. The zero-order valence-corrected chi connectivity index (χ0v) is 34.1. The molecule has 1 aliphatic carbocycles. The molecule has 13 rings (SSSR count). The summed E-state index contributed by atoms with van der Waals surface area (Å²) < 4.78 is 6.71.